The topological polar surface area (TPSA) is 60.4 Å². The van der Waals surface area contributed by atoms with Crippen LogP contribution in [0.3, 0.4) is 0 Å². The summed E-state index contributed by atoms with van der Waals surface area (Å²) in [5.74, 6) is -1.22. The van der Waals surface area contributed by atoms with E-state index in [4.69, 9.17) is 0 Å². The SMILES string of the molecule is CCCCCc1cc(C(F)(F)F)c(C(=O)OC)cc1S(C)(=O)=O. The summed E-state index contributed by atoms with van der Waals surface area (Å²) < 4.78 is 67.7. The van der Waals surface area contributed by atoms with E-state index in [1.54, 1.807) is 0 Å². The minimum absolute atomic E-state index is 0.0703. The molecule has 0 saturated heterocycles. The predicted molar refractivity (Wildman–Crippen MR) is 79.1 cm³/mol. The van der Waals surface area contributed by atoms with Crippen molar-refractivity contribution in [2.75, 3.05) is 13.4 Å². The molecule has 0 bridgehead atoms. The number of methoxy groups -OCH3 is 1. The van der Waals surface area contributed by atoms with Crippen molar-refractivity contribution in [1.82, 2.24) is 0 Å². The van der Waals surface area contributed by atoms with Gasteiger partial charge in [-0.1, -0.05) is 19.8 Å². The van der Waals surface area contributed by atoms with Crippen LogP contribution in [0.1, 0.15) is 47.7 Å². The number of esters is 1. The van der Waals surface area contributed by atoms with Crippen molar-refractivity contribution in [3.05, 3.63) is 28.8 Å². The fraction of sp³-hybridized carbons (Fsp3) is 0.533. The molecule has 0 aliphatic heterocycles. The van der Waals surface area contributed by atoms with Crippen LogP contribution in [0, 0.1) is 0 Å². The van der Waals surface area contributed by atoms with Crippen molar-refractivity contribution in [3.63, 3.8) is 0 Å². The number of benzene rings is 1. The molecule has 1 rings (SSSR count). The molecule has 0 atom stereocenters. The second-order valence-corrected chi connectivity index (χ2v) is 7.21. The number of carbonyl (C=O) groups excluding carboxylic acids is 1. The molecule has 130 valence electrons. The van der Waals surface area contributed by atoms with Gasteiger partial charge in [-0.05, 0) is 30.5 Å². The Morgan fingerprint density at radius 1 is 1.22 bits per heavy atom. The molecule has 8 heteroatoms. The lowest BCUT2D eigenvalue weighted by atomic mass is 9.99. The van der Waals surface area contributed by atoms with E-state index >= 15 is 0 Å². The molecule has 0 heterocycles. The highest BCUT2D eigenvalue weighted by atomic mass is 32.2. The zero-order chi connectivity index (χ0) is 17.8. The highest BCUT2D eigenvalue weighted by Gasteiger charge is 2.37. The van der Waals surface area contributed by atoms with Gasteiger partial charge in [0.15, 0.2) is 9.84 Å². The summed E-state index contributed by atoms with van der Waals surface area (Å²) in [6, 6.07) is 1.52. The van der Waals surface area contributed by atoms with Crippen LogP contribution in [-0.2, 0) is 27.2 Å². The molecule has 0 fully saturated rings. The minimum Gasteiger partial charge on any atom is -0.465 e. The van der Waals surface area contributed by atoms with Gasteiger partial charge in [0.1, 0.15) is 0 Å². The summed E-state index contributed by atoms with van der Waals surface area (Å²) in [7, 11) is -2.83. The van der Waals surface area contributed by atoms with Gasteiger partial charge in [-0.3, -0.25) is 0 Å². The molecule has 23 heavy (non-hydrogen) atoms. The highest BCUT2D eigenvalue weighted by molar-refractivity contribution is 7.90. The Balaban J connectivity index is 3.58. The van der Waals surface area contributed by atoms with Gasteiger partial charge in [0.25, 0.3) is 0 Å². The van der Waals surface area contributed by atoms with Crippen LogP contribution in [0.15, 0.2) is 17.0 Å². The molecule has 0 radical (unpaired) electrons. The van der Waals surface area contributed by atoms with Crippen LogP contribution in [0.5, 0.6) is 0 Å². The third kappa shape index (κ3) is 4.95. The maximum atomic E-state index is 13.2. The summed E-state index contributed by atoms with van der Waals surface area (Å²) in [6.07, 6.45) is -1.50. The van der Waals surface area contributed by atoms with Crippen molar-refractivity contribution in [2.45, 2.75) is 43.7 Å². The zero-order valence-electron chi connectivity index (χ0n) is 13.2. The highest BCUT2D eigenvalue weighted by Crippen LogP contribution is 2.35. The number of aryl methyl sites for hydroxylation is 1. The smallest absolute Gasteiger partial charge is 0.417 e. The van der Waals surface area contributed by atoms with Crippen molar-refractivity contribution < 1.29 is 31.1 Å². The van der Waals surface area contributed by atoms with E-state index in [9.17, 15) is 26.4 Å². The Hall–Kier alpha value is -1.57. The summed E-state index contributed by atoms with van der Waals surface area (Å²) in [5.41, 5.74) is -1.90. The average Bonchev–Trinajstić information content (AvgIpc) is 2.44. The lowest BCUT2D eigenvalue weighted by Crippen LogP contribution is -2.17. The second kappa shape index (κ2) is 7.33. The number of rotatable bonds is 6. The average molecular weight is 352 g/mol. The largest absolute Gasteiger partial charge is 0.465 e. The molecule has 0 spiro atoms. The van der Waals surface area contributed by atoms with E-state index < -0.39 is 33.1 Å². The Bertz CT molecular complexity index is 679. The molecular weight excluding hydrogens is 333 g/mol. The van der Waals surface area contributed by atoms with Crippen LogP contribution in [-0.4, -0.2) is 27.8 Å². The summed E-state index contributed by atoms with van der Waals surface area (Å²) in [4.78, 5) is 11.4. The standard InChI is InChI=1S/C15H19F3O4S/c1-4-5-6-7-10-8-12(15(16,17)18)11(14(19)22-2)9-13(10)23(3,20)21/h8-9H,4-7H2,1-3H3. The molecule has 0 aliphatic carbocycles. The third-order valence-electron chi connectivity index (χ3n) is 3.36. The van der Waals surface area contributed by atoms with E-state index in [2.05, 4.69) is 4.74 Å². The Morgan fingerprint density at radius 3 is 2.26 bits per heavy atom. The van der Waals surface area contributed by atoms with Gasteiger partial charge >= 0.3 is 12.1 Å². The van der Waals surface area contributed by atoms with Gasteiger partial charge in [0, 0.05) is 6.26 Å². The number of ether oxygens (including phenoxy) is 1. The van der Waals surface area contributed by atoms with Gasteiger partial charge in [-0.15, -0.1) is 0 Å². The minimum atomic E-state index is -4.78. The first-order valence-corrected chi connectivity index (χ1v) is 8.94. The molecule has 0 aromatic heterocycles. The van der Waals surface area contributed by atoms with Crippen LogP contribution in [0.2, 0.25) is 0 Å². The third-order valence-corrected chi connectivity index (χ3v) is 4.54. The molecule has 1 aromatic rings. The predicted octanol–water partition coefficient (Wildman–Crippen LogP) is 3.63. The molecule has 0 amide bonds. The molecule has 4 nitrogen and oxygen atoms in total. The Morgan fingerprint density at radius 2 is 1.83 bits per heavy atom. The van der Waals surface area contributed by atoms with Gasteiger partial charge in [-0.25, -0.2) is 13.2 Å². The number of hydrogen-bond acceptors (Lipinski definition) is 4. The zero-order valence-corrected chi connectivity index (χ0v) is 14.0. The Kier molecular flexibility index (Phi) is 6.21. The normalized spacial score (nSPS) is 12.3. The summed E-state index contributed by atoms with van der Waals surface area (Å²) in [6.45, 7) is 1.93. The number of halogens is 3. The van der Waals surface area contributed by atoms with E-state index in [1.165, 1.54) is 0 Å². The molecular formula is C15H19F3O4S. The number of unbranched alkanes of at least 4 members (excludes halogenated alkanes) is 2. The molecule has 0 N–H and O–H groups in total. The van der Waals surface area contributed by atoms with Gasteiger partial charge in [0.05, 0.1) is 23.1 Å². The van der Waals surface area contributed by atoms with E-state index in [1.807, 2.05) is 6.92 Å². The van der Waals surface area contributed by atoms with Crippen molar-refractivity contribution in [2.24, 2.45) is 0 Å². The van der Waals surface area contributed by atoms with E-state index in [0.717, 1.165) is 38.3 Å². The fourth-order valence-electron chi connectivity index (χ4n) is 2.24. The number of carbonyl (C=O) groups is 1. The molecule has 0 aliphatic rings. The monoisotopic (exact) mass is 352 g/mol. The molecule has 1 aromatic carbocycles. The van der Waals surface area contributed by atoms with Gasteiger partial charge in [-0.2, -0.15) is 13.2 Å². The van der Waals surface area contributed by atoms with Crippen LogP contribution >= 0.6 is 0 Å². The summed E-state index contributed by atoms with van der Waals surface area (Å²) >= 11 is 0. The Labute approximate surface area is 133 Å². The van der Waals surface area contributed by atoms with Crippen molar-refractivity contribution >= 4 is 15.8 Å². The fourth-order valence-corrected chi connectivity index (χ4v) is 3.21. The first kappa shape index (κ1) is 19.5. The first-order chi connectivity index (χ1) is 10.5. The van der Waals surface area contributed by atoms with Crippen LogP contribution < -0.4 is 0 Å². The molecule has 0 unspecified atom stereocenters. The lowest BCUT2D eigenvalue weighted by Gasteiger charge is -2.16. The lowest BCUT2D eigenvalue weighted by molar-refractivity contribution is -0.138. The van der Waals surface area contributed by atoms with Crippen LogP contribution in [0.4, 0.5) is 13.2 Å². The van der Waals surface area contributed by atoms with Gasteiger partial charge < -0.3 is 4.74 Å². The quantitative estimate of drug-likeness (QED) is 0.579. The second-order valence-electron chi connectivity index (χ2n) is 5.22. The maximum absolute atomic E-state index is 13.2. The number of hydrogen-bond donors (Lipinski definition) is 0. The molecule has 0 saturated carbocycles. The van der Waals surface area contributed by atoms with Gasteiger partial charge in [0.2, 0.25) is 0 Å². The van der Waals surface area contributed by atoms with Crippen LogP contribution in [0.25, 0.3) is 0 Å². The van der Waals surface area contributed by atoms with E-state index in [0.29, 0.717) is 6.42 Å². The van der Waals surface area contributed by atoms with Crippen molar-refractivity contribution in [1.29, 1.82) is 0 Å². The summed E-state index contributed by atoms with van der Waals surface area (Å²) in [5, 5.41) is 0. The van der Waals surface area contributed by atoms with E-state index in [-0.39, 0.29) is 16.9 Å². The number of alkyl halides is 3. The first-order valence-electron chi connectivity index (χ1n) is 7.04. The number of sulfone groups is 1. The maximum Gasteiger partial charge on any atom is 0.417 e. The van der Waals surface area contributed by atoms with Crippen molar-refractivity contribution in [3.8, 4) is 0 Å².